The molecule has 1 atom stereocenters. The second kappa shape index (κ2) is 35.6. The first-order valence-electron chi connectivity index (χ1n) is 19.0. The summed E-state index contributed by atoms with van der Waals surface area (Å²) in [5.74, 6) is -1.36. The number of carboxylic acids is 1. The highest BCUT2D eigenvalue weighted by Gasteiger charge is 2.21. The second-order valence-electron chi connectivity index (χ2n) is 12.7. The van der Waals surface area contributed by atoms with E-state index in [2.05, 4.69) is 50.3 Å². The molecule has 0 saturated heterocycles. The second-order valence-corrected chi connectivity index (χ2v) is 12.7. The van der Waals surface area contributed by atoms with Crippen LogP contribution >= 0.6 is 0 Å². The van der Waals surface area contributed by atoms with E-state index in [1.54, 1.807) is 0 Å². The molecular formula is C40H72O4. The number of aliphatic carboxylic acids is 1. The molecule has 0 aliphatic heterocycles. The fraction of sp³-hybridized carbons (Fsp3) is 0.800. The first kappa shape index (κ1) is 42.2. The fourth-order valence-electron chi connectivity index (χ4n) is 5.57. The van der Waals surface area contributed by atoms with E-state index in [1.807, 2.05) is 0 Å². The normalized spacial score (nSPS) is 12.6. The number of unbranched alkanes of at least 4 members (excludes halogenated alkanes) is 22. The van der Waals surface area contributed by atoms with Crippen LogP contribution in [0.15, 0.2) is 36.5 Å². The van der Waals surface area contributed by atoms with Gasteiger partial charge in [0.05, 0.1) is 0 Å². The molecule has 0 aromatic carbocycles. The lowest BCUT2D eigenvalue weighted by molar-refractivity contribution is -0.164. The summed E-state index contributed by atoms with van der Waals surface area (Å²) in [6, 6.07) is 0. The van der Waals surface area contributed by atoms with E-state index in [4.69, 9.17) is 4.74 Å². The van der Waals surface area contributed by atoms with Crippen LogP contribution < -0.4 is 0 Å². The third-order valence-corrected chi connectivity index (χ3v) is 8.40. The molecule has 0 aromatic rings. The van der Waals surface area contributed by atoms with Crippen LogP contribution in [0.1, 0.15) is 200 Å². The maximum absolute atomic E-state index is 12.2. The van der Waals surface area contributed by atoms with Crippen LogP contribution in [0.5, 0.6) is 0 Å². The summed E-state index contributed by atoms with van der Waals surface area (Å²) >= 11 is 0. The molecule has 0 spiro atoms. The quantitative estimate of drug-likeness (QED) is 0.0444. The zero-order valence-corrected chi connectivity index (χ0v) is 29.2. The average Bonchev–Trinajstić information content (AvgIpc) is 3.01. The number of allylic oxidation sites excluding steroid dienone is 6. The molecule has 0 aliphatic carbocycles. The highest BCUT2D eigenvalue weighted by molar-refractivity contribution is 5.77. The summed E-state index contributed by atoms with van der Waals surface area (Å²) < 4.78 is 5.31. The van der Waals surface area contributed by atoms with Gasteiger partial charge in [-0.1, -0.05) is 179 Å². The average molecular weight is 617 g/mol. The molecule has 0 aliphatic rings. The molecule has 0 rings (SSSR count). The Kier molecular flexibility index (Phi) is 34.1. The van der Waals surface area contributed by atoms with Gasteiger partial charge in [0.15, 0.2) is 6.10 Å². The van der Waals surface area contributed by atoms with Gasteiger partial charge in [0.25, 0.3) is 0 Å². The molecule has 4 nitrogen and oxygen atoms in total. The molecule has 0 aromatic heterocycles. The van der Waals surface area contributed by atoms with Gasteiger partial charge in [0.2, 0.25) is 0 Å². The fourth-order valence-corrected chi connectivity index (χ4v) is 5.57. The Morgan fingerprint density at radius 2 is 0.932 bits per heavy atom. The number of esters is 1. The van der Waals surface area contributed by atoms with E-state index in [9.17, 15) is 14.7 Å². The summed E-state index contributed by atoms with van der Waals surface area (Å²) in [7, 11) is 0. The van der Waals surface area contributed by atoms with Crippen LogP contribution in [0.25, 0.3) is 0 Å². The Hall–Kier alpha value is -1.84. The van der Waals surface area contributed by atoms with Gasteiger partial charge in [-0.3, -0.25) is 4.79 Å². The van der Waals surface area contributed by atoms with E-state index < -0.39 is 12.1 Å². The zero-order valence-electron chi connectivity index (χ0n) is 29.2. The largest absolute Gasteiger partial charge is 0.479 e. The Labute approximate surface area is 273 Å². The van der Waals surface area contributed by atoms with Gasteiger partial charge in [0.1, 0.15) is 0 Å². The van der Waals surface area contributed by atoms with Crippen molar-refractivity contribution in [2.75, 3.05) is 0 Å². The molecule has 0 saturated carbocycles. The Morgan fingerprint density at radius 3 is 1.41 bits per heavy atom. The number of rotatable bonds is 34. The highest BCUT2D eigenvalue weighted by Crippen LogP contribution is 2.16. The third kappa shape index (κ3) is 33.1. The van der Waals surface area contributed by atoms with Crippen LogP contribution in [-0.4, -0.2) is 23.1 Å². The molecule has 0 heterocycles. The van der Waals surface area contributed by atoms with Crippen molar-refractivity contribution in [2.45, 2.75) is 206 Å². The lowest BCUT2D eigenvalue weighted by Crippen LogP contribution is -2.27. The molecule has 1 unspecified atom stereocenters. The Morgan fingerprint density at radius 1 is 0.523 bits per heavy atom. The molecule has 4 heteroatoms. The predicted octanol–water partition coefficient (Wildman–Crippen LogP) is 13.0. The molecule has 1 N–H and O–H groups in total. The van der Waals surface area contributed by atoms with Gasteiger partial charge in [-0.05, 0) is 51.4 Å². The van der Waals surface area contributed by atoms with Crippen molar-refractivity contribution >= 4 is 11.9 Å². The number of ether oxygens (including phenoxy) is 1. The van der Waals surface area contributed by atoms with Gasteiger partial charge in [-0.15, -0.1) is 0 Å². The van der Waals surface area contributed by atoms with Crippen molar-refractivity contribution in [2.24, 2.45) is 0 Å². The molecular weight excluding hydrogens is 544 g/mol. The van der Waals surface area contributed by atoms with Gasteiger partial charge in [-0.25, -0.2) is 4.79 Å². The maximum Gasteiger partial charge on any atom is 0.345 e. The summed E-state index contributed by atoms with van der Waals surface area (Å²) in [4.78, 5) is 23.8. The standard InChI is InChI=1S/C40H72O4/c1-3-5-7-9-11-13-15-17-19-21-23-25-27-29-31-33-35-37-39(41)44-38(40(42)43)36-34-32-30-28-26-24-22-20-18-16-14-12-10-8-6-4-2/h5,7,11,13,17,19,38H,3-4,6,8-10,12,14-16,18,20-37H2,1-2H3,(H,42,43)/b7-5-,13-11-,19-17-. The summed E-state index contributed by atoms with van der Waals surface area (Å²) in [5, 5.41) is 9.48. The third-order valence-electron chi connectivity index (χ3n) is 8.40. The first-order chi connectivity index (χ1) is 21.6. The van der Waals surface area contributed by atoms with Gasteiger partial charge >= 0.3 is 11.9 Å². The van der Waals surface area contributed by atoms with E-state index in [0.717, 1.165) is 64.2 Å². The van der Waals surface area contributed by atoms with Crippen molar-refractivity contribution in [3.8, 4) is 0 Å². The SMILES string of the molecule is CC/C=C\C/C=C\C/C=C\CCCCCCCCCC(=O)OC(CCCCCCCCCCCCCCCCCC)C(=O)O. The van der Waals surface area contributed by atoms with E-state index in [-0.39, 0.29) is 5.97 Å². The van der Waals surface area contributed by atoms with E-state index in [0.29, 0.717) is 12.8 Å². The number of carboxylic acid groups (broad SMARTS) is 1. The van der Waals surface area contributed by atoms with Crippen LogP contribution in [0.3, 0.4) is 0 Å². The van der Waals surface area contributed by atoms with Gasteiger partial charge in [0, 0.05) is 6.42 Å². The minimum atomic E-state index is -1.01. The van der Waals surface area contributed by atoms with E-state index in [1.165, 1.54) is 109 Å². The predicted molar refractivity (Wildman–Crippen MR) is 190 cm³/mol. The number of hydrogen-bond acceptors (Lipinski definition) is 3. The van der Waals surface area contributed by atoms with Crippen molar-refractivity contribution in [3.63, 3.8) is 0 Å². The molecule has 256 valence electrons. The Balaban J connectivity index is 3.57. The van der Waals surface area contributed by atoms with Crippen molar-refractivity contribution in [1.82, 2.24) is 0 Å². The smallest absolute Gasteiger partial charge is 0.345 e. The first-order valence-corrected chi connectivity index (χ1v) is 19.0. The highest BCUT2D eigenvalue weighted by atomic mass is 16.6. The number of hydrogen-bond donors (Lipinski definition) is 1. The van der Waals surface area contributed by atoms with Crippen LogP contribution in [0, 0.1) is 0 Å². The lowest BCUT2D eigenvalue weighted by atomic mass is 10.0. The minimum absolute atomic E-state index is 0.330. The Bertz CT molecular complexity index is 708. The van der Waals surface area contributed by atoms with Crippen LogP contribution in [0.4, 0.5) is 0 Å². The van der Waals surface area contributed by atoms with Crippen molar-refractivity contribution in [1.29, 1.82) is 0 Å². The molecule has 0 bridgehead atoms. The lowest BCUT2D eigenvalue weighted by Gasteiger charge is -2.13. The van der Waals surface area contributed by atoms with Crippen molar-refractivity contribution < 1.29 is 19.4 Å². The number of carbonyl (C=O) groups excluding carboxylic acids is 1. The summed E-state index contributed by atoms with van der Waals surface area (Å²) in [6.45, 7) is 4.43. The van der Waals surface area contributed by atoms with Crippen LogP contribution in [-0.2, 0) is 14.3 Å². The monoisotopic (exact) mass is 617 g/mol. The van der Waals surface area contributed by atoms with Gasteiger partial charge < -0.3 is 9.84 Å². The van der Waals surface area contributed by atoms with Crippen LogP contribution in [0.2, 0.25) is 0 Å². The van der Waals surface area contributed by atoms with Crippen molar-refractivity contribution in [3.05, 3.63) is 36.5 Å². The summed E-state index contributed by atoms with van der Waals surface area (Å²) in [6.07, 6.45) is 46.0. The topological polar surface area (TPSA) is 63.6 Å². The number of carbonyl (C=O) groups is 2. The minimum Gasteiger partial charge on any atom is -0.479 e. The maximum atomic E-state index is 12.2. The summed E-state index contributed by atoms with van der Waals surface area (Å²) in [5.41, 5.74) is 0. The molecule has 0 amide bonds. The van der Waals surface area contributed by atoms with E-state index >= 15 is 0 Å². The van der Waals surface area contributed by atoms with Gasteiger partial charge in [-0.2, -0.15) is 0 Å². The molecule has 0 fully saturated rings. The zero-order chi connectivity index (χ0) is 32.2. The molecule has 44 heavy (non-hydrogen) atoms. The molecule has 0 radical (unpaired) electrons.